The van der Waals surface area contributed by atoms with E-state index in [1.807, 2.05) is 13.8 Å². The Kier molecular flexibility index (Phi) is 15.6. The van der Waals surface area contributed by atoms with Gasteiger partial charge >= 0.3 is 18.3 Å². The number of hydrogen-bond donors (Lipinski definition) is 5. The van der Waals surface area contributed by atoms with Crippen LogP contribution in [0.1, 0.15) is 46.0 Å². The minimum absolute atomic E-state index is 0.0147. The van der Waals surface area contributed by atoms with Crippen molar-refractivity contribution in [1.82, 2.24) is 39.2 Å². The van der Waals surface area contributed by atoms with Crippen LogP contribution in [0.4, 0.5) is 38.0 Å². The number of nitrogens with zero attached hydrogens (tertiary/aromatic N) is 8. The largest absolute Gasteiger partial charge is 0.476 e. The van der Waals surface area contributed by atoms with Crippen molar-refractivity contribution in [2.75, 3.05) is 37.5 Å². The van der Waals surface area contributed by atoms with Crippen LogP contribution in [0.25, 0.3) is 33.8 Å². The lowest BCUT2D eigenvalue weighted by Gasteiger charge is -2.17. The van der Waals surface area contributed by atoms with Gasteiger partial charge in [0.1, 0.15) is 37.1 Å². The van der Waals surface area contributed by atoms with Crippen LogP contribution in [-0.4, -0.2) is 111 Å². The number of aromatic carboxylic acids is 1. The number of rotatable bonds is 12. The maximum Gasteiger partial charge on any atom is 0.417 e. The van der Waals surface area contributed by atoms with Gasteiger partial charge in [-0.3, -0.25) is 4.79 Å². The average Bonchev–Trinajstić information content (AvgIpc) is 4.08. The number of carbonyl (C=O) groups excluding carboxylic acids is 1. The van der Waals surface area contributed by atoms with Crippen molar-refractivity contribution in [3.63, 3.8) is 0 Å². The molecule has 0 aliphatic carbocycles. The molecule has 19 nitrogen and oxygen atoms in total. The third kappa shape index (κ3) is 12.9. The number of amides is 1. The molecule has 0 saturated carbocycles. The predicted molar refractivity (Wildman–Crippen MR) is 244 cm³/mol. The van der Waals surface area contributed by atoms with E-state index in [1.165, 1.54) is 79.0 Å². The fourth-order valence-electron chi connectivity index (χ4n) is 6.76. The number of anilines is 2. The molecule has 72 heavy (non-hydrogen) atoms. The molecule has 6 aromatic heterocycles. The van der Waals surface area contributed by atoms with Crippen molar-refractivity contribution >= 4 is 34.8 Å². The van der Waals surface area contributed by atoms with Crippen LogP contribution in [0.15, 0.2) is 122 Å². The van der Waals surface area contributed by atoms with E-state index in [4.69, 9.17) is 34.9 Å². The van der Waals surface area contributed by atoms with Gasteiger partial charge in [-0.15, -0.1) is 0 Å². The van der Waals surface area contributed by atoms with Gasteiger partial charge in [0.05, 0.1) is 48.1 Å². The molecule has 0 radical (unpaired) electrons. The van der Waals surface area contributed by atoms with Gasteiger partial charge in [-0.1, -0.05) is 48.5 Å². The molecule has 376 valence electrons. The number of benzene rings is 2. The van der Waals surface area contributed by atoms with Crippen LogP contribution >= 0.6 is 0 Å². The van der Waals surface area contributed by atoms with E-state index in [1.54, 1.807) is 24.3 Å². The third-order valence-electron chi connectivity index (χ3n) is 10.0. The molecule has 7 heterocycles. The molecule has 9 rings (SSSR count). The van der Waals surface area contributed by atoms with Crippen molar-refractivity contribution in [1.29, 1.82) is 0 Å². The van der Waals surface area contributed by atoms with Gasteiger partial charge in [-0.25, -0.2) is 23.8 Å². The number of carbonyl (C=O) groups is 2. The number of ether oxygens (including phenoxy) is 4. The van der Waals surface area contributed by atoms with Gasteiger partial charge in [0.2, 0.25) is 11.8 Å². The second kappa shape index (κ2) is 21.8. The number of carboxylic acids is 1. The average molecular weight is 1000 g/mol. The third-order valence-corrected chi connectivity index (χ3v) is 10.0. The number of aliphatic hydroxyl groups is 2. The first-order valence-electron chi connectivity index (χ1n) is 21.3. The minimum Gasteiger partial charge on any atom is -0.476 e. The number of aliphatic hydroxyl groups excluding tert-OH is 2. The van der Waals surface area contributed by atoms with Gasteiger partial charge in [-0.2, -0.15) is 46.5 Å². The molecule has 6 N–H and O–H groups in total. The summed E-state index contributed by atoms with van der Waals surface area (Å²) in [7, 11) is 0. The lowest BCUT2D eigenvalue weighted by molar-refractivity contribution is -0.141. The number of alkyl halides is 6. The predicted octanol–water partition coefficient (Wildman–Crippen LogP) is 7.10. The molecule has 1 aliphatic heterocycles. The highest BCUT2D eigenvalue weighted by Crippen LogP contribution is 2.37. The molecule has 1 saturated heterocycles. The molecule has 8 aromatic rings. The summed E-state index contributed by atoms with van der Waals surface area (Å²) >= 11 is 0. The molecule has 0 bridgehead atoms. The number of hydrogen-bond acceptors (Lipinski definition) is 15. The van der Waals surface area contributed by atoms with Crippen molar-refractivity contribution in [2.45, 2.75) is 44.2 Å². The summed E-state index contributed by atoms with van der Waals surface area (Å²) in [5.41, 5.74) is 3.90. The molecule has 1 aliphatic rings. The Bertz CT molecular complexity index is 3190. The summed E-state index contributed by atoms with van der Waals surface area (Å²) < 4.78 is 103. The summed E-state index contributed by atoms with van der Waals surface area (Å²) in [6.45, 7) is 4.04. The topological polar surface area (TPSA) is 256 Å². The quantitative estimate of drug-likeness (QED) is 0.0765. The summed E-state index contributed by atoms with van der Waals surface area (Å²) in [5, 5.41) is 38.0. The minimum atomic E-state index is -4.58. The number of nitrogens with two attached hydrogens (primary N) is 1. The first-order chi connectivity index (χ1) is 34.2. The van der Waals surface area contributed by atoms with Crippen LogP contribution < -0.4 is 20.5 Å². The Morgan fingerprint density at radius 2 is 1.31 bits per heavy atom. The highest BCUT2D eigenvalue weighted by atomic mass is 19.4. The number of aromatic nitrogens is 8. The SMILES string of the molecule is CC1(C)OCC(COc2cccc(N)n2)O1.O=C(Nc1cccc(OCC(O)CO)n1)c1cnc2ccc(-c3ccccc3C(F)(F)F)nn12.O=C(O)c1cnc2ccc(-c3ccccc3C(F)(F)F)nn12. The number of halogens is 6. The summed E-state index contributed by atoms with van der Waals surface area (Å²) in [6, 6.07) is 25.5. The van der Waals surface area contributed by atoms with Crippen molar-refractivity contribution in [3.8, 4) is 34.3 Å². The Hall–Kier alpha value is -8.26. The van der Waals surface area contributed by atoms with E-state index >= 15 is 0 Å². The fourth-order valence-corrected chi connectivity index (χ4v) is 6.76. The molecular formula is C47H42F6N10O9. The van der Waals surface area contributed by atoms with Crippen molar-refractivity contribution in [2.24, 2.45) is 0 Å². The van der Waals surface area contributed by atoms with E-state index in [0.29, 0.717) is 24.9 Å². The van der Waals surface area contributed by atoms with Gasteiger partial charge in [-0.05, 0) is 62.4 Å². The smallest absolute Gasteiger partial charge is 0.417 e. The molecule has 2 unspecified atom stereocenters. The standard InChI is InChI=1S/C22H18F3N5O4.C14H8F3N3O2.C11H16N2O3/c23-22(24,25)15-5-2-1-4-14(15)16-8-9-19-26-10-17(30(19)29-16)21(33)28-18-6-3-7-20(27-18)34-12-13(32)11-31;15-14(16,17)9-4-2-1-3-8(9)10-5-6-12-18-7-11(13(21)22)20(12)19-10;1-11(2)15-7-8(16-11)6-14-10-5-3-4-9(12)13-10/h1-10,13,31-32H,11-12H2,(H,27,28,33);1-7H,(H,21,22);3-5,8H,6-7H2,1-2H3,(H2,12,13). The van der Waals surface area contributed by atoms with Crippen LogP contribution in [0.3, 0.4) is 0 Å². The van der Waals surface area contributed by atoms with Gasteiger partial charge in [0.15, 0.2) is 28.5 Å². The lowest BCUT2D eigenvalue weighted by atomic mass is 10.0. The Morgan fingerprint density at radius 3 is 1.83 bits per heavy atom. The van der Waals surface area contributed by atoms with E-state index in [0.717, 1.165) is 27.4 Å². The van der Waals surface area contributed by atoms with E-state index in [-0.39, 0.29) is 69.6 Å². The second-order valence-electron chi connectivity index (χ2n) is 15.8. The number of imidazole rings is 2. The molecule has 25 heteroatoms. The van der Waals surface area contributed by atoms with Gasteiger partial charge in [0, 0.05) is 23.3 Å². The Labute approximate surface area is 403 Å². The summed E-state index contributed by atoms with van der Waals surface area (Å²) in [6.07, 6.45) is -7.90. The maximum atomic E-state index is 13.4. The number of nitrogens with one attached hydrogen (secondary N) is 1. The van der Waals surface area contributed by atoms with E-state index in [2.05, 4.69) is 35.5 Å². The zero-order valence-electron chi connectivity index (χ0n) is 37.7. The number of nitrogen functional groups attached to an aromatic ring is 1. The fraction of sp³-hybridized carbons (Fsp3) is 0.234. The number of pyridine rings is 2. The normalized spacial score (nSPS) is 14.7. The monoisotopic (exact) mass is 1000 g/mol. The van der Waals surface area contributed by atoms with Gasteiger partial charge < -0.3 is 45.3 Å². The zero-order chi connectivity index (χ0) is 51.8. The number of carboxylic acid groups (broad SMARTS) is 1. The van der Waals surface area contributed by atoms with Crippen LogP contribution in [-0.2, 0) is 21.8 Å². The highest BCUT2D eigenvalue weighted by Gasteiger charge is 2.35. The molecule has 1 amide bonds. The molecular weight excluding hydrogens is 963 g/mol. The van der Waals surface area contributed by atoms with Crippen molar-refractivity contribution in [3.05, 3.63) is 144 Å². The molecule has 2 aromatic carbocycles. The first-order valence-corrected chi connectivity index (χ1v) is 21.3. The van der Waals surface area contributed by atoms with Crippen LogP contribution in [0.2, 0.25) is 0 Å². The Morgan fingerprint density at radius 1 is 0.764 bits per heavy atom. The molecule has 1 fully saturated rings. The van der Waals surface area contributed by atoms with Gasteiger partial charge in [0.25, 0.3) is 5.91 Å². The first kappa shape index (κ1) is 51.6. The summed E-state index contributed by atoms with van der Waals surface area (Å²) in [5.74, 6) is -1.25. The second-order valence-corrected chi connectivity index (χ2v) is 15.8. The van der Waals surface area contributed by atoms with E-state index < -0.39 is 53.9 Å². The number of fused-ring (bicyclic) bond motifs is 2. The van der Waals surface area contributed by atoms with Crippen LogP contribution in [0.5, 0.6) is 11.8 Å². The maximum absolute atomic E-state index is 13.4. The molecule has 0 spiro atoms. The van der Waals surface area contributed by atoms with Crippen molar-refractivity contribution < 1.29 is 70.2 Å². The lowest BCUT2D eigenvalue weighted by Crippen LogP contribution is -2.25. The Balaban J connectivity index is 0.000000171. The zero-order valence-corrected chi connectivity index (χ0v) is 37.7. The highest BCUT2D eigenvalue weighted by molar-refractivity contribution is 6.03. The van der Waals surface area contributed by atoms with Crippen LogP contribution in [0, 0.1) is 0 Å². The van der Waals surface area contributed by atoms with E-state index in [9.17, 15) is 41.0 Å². The summed E-state index contributed by atoms with van der Waals surface area (Å²) in [4.78, 5) is 40.0. The molecule has 2 atom stereocenters.